The maximum atomic E-state index is 9.24. The number of hydrogen-bond donors (Lipinski definition) is 0. The molecule has 0 saturated heterocycles. The highest BCUT2D eigenvalue weighted by molar-refractivity contribution is 7.25. The number of thiophene rings is 1. The zero-order chi connectivity index (χ0) is 44.8. The molecule has 0 atom stereocenters. The van der Waals surface area contributed by atoms with Gasteiger partial charge in [-0.15, -0.1) is 11.3 Å². The first kappa shape index (κ1) is 24.2. The van der Waals surface area contributed by atoms with E-state index in [2.05, 4.69) is 59.2 Å². The van der Waals surface area contributed by atoms with E-state index in [0.29, 0.717) is 23.0 Å². The van der Waals surface area contributed by atoms with E-state index in [1.54, 1.807) is 17.4 Å². The van der Waals surface area contributed by atoms with Crippen LogP contribution < -0.4 is 0 Å². The van der Waals surface area contributed by atoms with E-state index in [1.807, 2.05) is 78.9 Å². The van der Waals surface area contributed by atoms with E-state index < -0.39 is 42.3 Å². The molecule has 0 unspecified atom stereocenters. The molecule has 11 aromatic rings. The second-order valence-electron chi connectivity index (χ2n) is 13.4. The van der Waals surface area contributed by atoms with Gasteiger partial charge in [-0.1, -0.05) is 133 Å². The molecule has 262 valence electrons. The van der Waals surface area contributed by atoms with Crippen LogP contribution in [0.3, 0.4) is 0 Å². The molecule has 0 amide bonds. The van der Waals surface area contributed by atoms with Gasteiger partial charge in [-0.05, 0) is 82.9 Å². The number of hydrogen-bond acceptors (Lipinski definition) is 4. The first-order valence-corrected chi connectivity index (χ1v) is 18.9. The minimum absolute atomic E-state index is 0.0275. The van der Waals surface area contributed by atoms with Crippen LogP contribution in [0.2, 0.25) is 0 Å². The molecular weight excluding hydrogens is 701 g/mol. The minimum Gasteiger partial charge on any atom is -0.309 e. The predicted molar refractivity (Wildman–Crippen MR) is 234 cm³/mol. The highest BCUT2D eigenvalue weighted by atomic mass is 32.1. The van der Waals surface area contributed by atoms with E-state index in [-0.39, 0.29) is 28.8 Å². The molecule has 0 radical (unpaired) electrons. The molecule has 0 aliphatic carbocycles. The standard InChI is InChI=1S/C51H32N4S/c1-4-13-33(14-5-1)35-17-12-18-36(29-35)37-25-28-47-44(30-37)42-26-23-39(32-48(42)56-47)51-53-49(34-15-6-2-7-16-34)52-50(54-51)38-24-27-46-43(31-38)41-21-10-11-22-45(41)55(46)40-19-8-3-9-20-40/h1-32H/i1D,4D,5D,12D,13D,14D,17D,18D,29D. The van der Waals surface area contributed by atoms with Crippen LogP contribution in [0.4, 0.5) is 0 Å². The Balaban J connectivity index is 1.04. The molecule has 56 heavy (non-hydrogen) atoms. The zero-order valence-electron chi connectivity index (χ0n) is 38.5. The van der Waals surface area contributed by atoms with Crippen molar-refractivity contribution in [2.45, 2.75) is 0 Å². The van der Waals surface area contributed by atoms with Gasteiger partial charge in [0, 0.05) is 53.3 Å². The van der Waals surface area contributed by atoms with Crippen molar-refractivity contribution in [3.05, 3.63) is 194 Å². The van der Waals surface area contributed by atoms with E-state index in [0.717, 1.165) is 64.4 Å². The first-order valence-electron chi connectivity index (χ1n) is 22.5. The molecule has 0 spiro atoms. The molecule has 0 aliphatic heterocycles. The Hall–Kier alpha value is -7.21. The van der Waals surface area contributed by atoms with E-state index in [4.69, 9.17) is 25.9 Å². The number of aromatic nitrogens is 4. The summed E-state index contributed by atoms with van der Waals surface area (Å²) < 4.78 is 81.2. The third kappa shape index (κ3) is 5.56. The maximum Gasteiger partial charge on any atom is 0.164 e. The van der Waals surface area contributed by atoms with E-state index in [1.165, 1.54) is 0 Å². The number of fused-ring (bicyclic) bond motifs is 6. The van der Waals surface area contributed by atoms with Crippen molar-refractivity contribution >= 4 is 53.3 Å². The highest BCUT2D eigenvalue weighted by Gasteiger charge is 2.17. The molecule has 0 saturated carbocycles. The van der Waals surface area contributed by atoms with Gasteiger partial charge in [0.05, 0.1) is 23.4 Å². The van der Waals surface area contributed by atoms with Gasteiger partial charge in [0.25, 0.3) is 0 Å². The molecule has 3 aromatic heterocycles. The van der Waals surface area contributed by atoms with Gasteiger partial charge < -0.3 is 4.57 Å². The normalized spacial score (nSPS) is 13.8. The van der Waals surface area contributed by atoms with Crippen molar-refractivity contribution in [2.75, 3.05) is 0 Å². The third-order valence-electron chi connectivity index (χ3n) is 10.0. The molecule has 0 aliphatic rings. The quantitative estimate of drug-likeness (QED) is 0.170. The molecule has 0 N–H and O–H groups in total. The largest absolute Gasteiger partial charge is 0.309 e. The smallest absolute Gasteiger partial charge is 0.164 e. The maximum absolute atomic E-state index is 9.24. The Morgan fingerprint density at radius 3 is 1.80 bits per heavy atom. The summed E-state index contributed by atoms with van der Waals surface area (Å²) in [6, 6.07) is 41.5. The molecule has 8 aromatic carbocycles. The van der Waals surface area contributed by atoms with Crippen LogP contribution in [-0.2, 0) is 0 Å². The third-order valence-corrected chi connectivity index (χ3v) is 11.1. The summed E-state index contributed by atoms with van der Waals surface area (Å²) in [7, 11) is 0. The molecule has 4 nitrogen and oxygen atoms in total. The average molecular weight is 742 g/mol. The summed E-state index contributed by atoms with van der Waals surface area (Å²) in [6.45, 7) is 0. The van der Waals surface area contributed by atoms with Crippen molar-refractivity contribution < 1.29 is 12.3 Å². The second-order valence-corrected chi connectivity index (χ2v) is 14.5. The average Bonchev–Trinajstić information content (AvgIpc) is 3.88. The lowest BCUT2D eigenvalue weighted by atomic mass is 9.98. The van der Waals surface area contributed by atoms with Crippen LogP contribution in [0.25, 0.3) is 104 Å². The lowest BCUT2D eigenvalue weighted by molar-refractivity contribution is 1.07. The van der Waals surface area contributed by atoms with Gasteiger partial charge in [-0.3, -0.25) is 0 Å². The molecule has 0 fully saturated rings. The monoisotopic (exact) mass is 741 g/mol. The van der Waals surface area contributed by atoms with Gasteiger partial charge in [0.15, 0.2) is 17.5 Å². The summed E-state index contributed by atoms with van der Waals surface area (Å²) in [6.07, 6.45) is 0. The van der Waals surface area contributed by atoms with Gasteiger partial charge >= 0.3 is 0 Å². The minimum atomic E-state index is -0.608. The summed E-state index contributed by atoms with van der Waals surface area (Å²) in [5.41, 5.74) is 5.53. The number of nitrogens with zero attached hydrogens (tertiary/aromatic N) is 4. The summed E-state index contributed by atoms with van der Waals surface area (Å²) in [5, 5.41) is 3.93. The van der Waals surface area contributed by atoms with Gasteiger partial charge in [0.1, 0.15) is 0 Å². The molecule has 0 bridgehead atoms. The molecule has 11 rings (SSSR count). The molecule has 5 heteroatoms. The summed E-state index contributed by atoms with van der Waals surface area (Å²) in [5.74, 6) is 1.56. The number of rotatable bonds is 6. The van der Waals surface area contributed by atoms with Crippen molar-refractivity contribution in [1.29, 1.82) is 0 Å². The fourth-order valence-electron chi connectivity index (χ4n) is 7.38. The van der Waals surface area contributed by atoms with Crippen LogP contribution in [0.1, 0.15) is 12.3 Å². The topological polar surface area (TPSA) is 43.6 Å². The fourth-order valence-corrected chi connectivity index (χ4v) is 8.50. The fraction of sp³-hybridized carbons (Fsp3) is 0. The van der Waals surface area contributed by atoms with E-state index >= 15 is 0 Å². The molecular formula is C51H32N4S. The van der Waals surface area contributed by atoms with Crippen LogP contribution in [0.15, 0.2) is 194 Å². The van der Waals surface area contributed by atoms with Gasteiger partial charge in [-0.25, -0.2) is 15.0 Å². The Morgan fingerprint density at radius 1 is 0.393 bits per heavy atom. The van der Waals surface area contributed by atoms with Crippen molar-refractivity contribution in [3.63, 3.8) is 0 Å². The Kier molecular flexibility index (Phi) is 5.75. The number of benzene rings is 8. The second kappa shape index (κ2) is 13.3. The SMILES string of the molecule is [2H]c1c([2H])c([2H])c(-c2c([2H])c([2H])c([2H])c(-c3ccc4sc5cc(-c6nc(-c7ccccc7)nc(-c7ccc8c(c7)c7ccccc7n8-c7ccccc7)n6)ccc5c4c3)c2[2H])c([2H])c1[2H]. The van der Waals surface area contributed by atoms with Crippen molar-refractivity contribution in [1.82, 2.24) is 19.5 Å². The first-order chi connectivity index (χ1) is 31.5. The van der Waals surface area contributed by atoms with Crippen molar-refractivity contribution in [2.24, 2.45) is 0 Å². The lowest BCUT2D eigenvalue weighted by Crippen LogP contribution is -2.00. The predicted octanol–water partition coefficient (Wildman–Crippen LogP) is 13.7. The Morgan fingerprint density at radius 2 is 1.00 bits per heavy atom. The highest BCUT2D eigenvalue weighted by Crippen LogP contribution is 2.40. The van der Waals surface area contributed by atoms with Crippen molar-refractivity contribution in [3.8, 4) is 62.1 Å². The lowest BCUT2D eigenvalue weighted by Gasteiger charge is -2.10. The van der Waals surface area contributed by atoms with E-state index in [9.17, 15) is 1.37 Å². The van der Waals surface area contributed by atoms with Crippen LogP contribution in [0, 0.1) is 0 Å². The summed E-state index contributed by atoms with van der Waals surface area (Å²) in [4.78, 5) is 15.1. The van der Waals surface area contributed by atoms with Gasteiger partial charge in [0.2, 0.25) is 0 Å². The van der Waals surface area contributed by atoms with Crippen LogP contribution in [0.5, 0.6) is 0 Å². The number of para-hydroxylation sites is 2. The molecule has 3 heterocycles. The van der Waals surface area contributed by atoms with Gasteiger partial charge in [-0.2, -0.15) is 0 Å². The van der Waals surface area contributed by atoms with Crippen LogP contribution in [-0.4, -0.2) is 19.5 Å². The Labute approximate surface area is 340 Å². The summed E-state index contributed by atoms with van der Waals surface area (Å²) >= 11 is 1.56. The zero-order valence-corrected chi connectivity index (χ0v) is 30.3. The Bertz CT molecular complexity index is 3750. The van der Waals surface area contributed by atoms with Crippen LogP contribution >= 0.6 is 11.3 Å².